The van der Waals surface area contributed by atoms with Gasteiger partial charge in [-0.1, -0.05) is 0 Å². The molecular weight excluding hydrogens is 302 g/mol. The number of aromatic nitrogens is 3. The van der Waals surface area contributed by atoms with E-state index in [0.717, 1.165) is 37.3 Å². The largest absolute Gasteiger partial charge is 0.366 e. The van der Waals surface area contributed by atoms with Crippen LogP contribution in [0.4, 0.5) is 5.82 Å². The van der Waals surface area contributed by atoms with E-state index in [4.69, 9.17) is 0 Å². The highest BCUT2D eigenvalue weighted by Gasteiger charge is 2.44. The molecule has 24 heavy (non-hydrogen) atoms. The lowest BCUT2D eigenvalue weighted by atomic mass is 9.98. The monoisotopic (exact) mass is 323 g/mol. The third-order valence-corrected chi connectivity index (χ3v) is 5.16. The zero-order chi connectivity index (χ0) is 16.5. The van der Waals surface area contributed by atoms with Crippen LogP contribution in [0.15, 0.2) is 37.1 Å². The van der Waals surface area contributed by atoms with E-state index in [1.807, 2.05) is 17.9 Å². The van der Waals surface area contributed by atoms with E-state index in [0.29, 0.717) is 23.4 Å². The van der Waals surface area contributed by atoms with Crippen LogP contribution in [0.2, 0.25) is 0 Å². The summed E-state index contributed by atoms with van der Waals surface area (Å²) in [6, 6.07) is 2.28. The molecule has 1 saturated heterocycles. The topological polar surface area (TPSA) is 71.0 Å². The number of carbonyl (C=O) groups excluding carboxylic acids is 1. The predicted molar refractivity (Wildman–Crippen MR) is 90.5 cm³/mol. The Labute approximate surface area is 141 Å². The van der Waals surface area contributed by atoms with Gasteiger partial charge in [-0.2, -0.15) is 0 Å². The second kappa shape index (κ2) is 6.19. The minimum absolute atomic E-state index is 0.0962. The zero-order valence-corrected chi connectivity index (χ0v) is 13.7. The molecule has 0 unspecified atom stereocenters. The summed E-state index contributed by atoms with van der Waals surface area (Å²) in [6.45, 7) is 3.61. The van der Waals surface area contributed by atoms with Crippen molar-refractivity contribution in [2.45, 2.75) is 25.8 Å². The number of hydrogen-bond donors (Lipinski definition) is 1. The van der Waals surface area contributed by atoms with E-state index in [2.05, 4.69) is 20.3 Å². The molecule has 2 aromatic heterocycles. The Hall–Kier alpha value is -2.50. The maximum atomic E-state index is 12.7. The molecule has 2 aliphatic rings. The summed E-state index contributed by atoms with van der Waals surface area (Å²) in [6.07, 6.45) is 10.8. The van der Waals surface area contributed by atoms with Crippen LogP contribution in [0.25, 0.3) is 0 Å². The number of fused-ring (bicyclic) bond motifs is 1. The minimum atomic E-state index is 0.0962. The third kappa shape index (κ3) is 2.84. The molecular formula is C18H21N5O. The van der Waals surface area contributed by atoms with E-state index < -0.39 is 0 Å². The summed E-state index contributed by atoms with van der Waals surface area (Å²) < 4.78 is 0. The maximum Gasteiger partial charge on any atom is 0.255 e. The summed E-state index contributed by atoms with van der Waals surface area (Å²) in [5.74, 6) is 1.96. The average Bonchev–Trinajstić information content (AvgIpc) is 3.17. The van der Waals surface area contributed by atoms with Crippen molar-refractivity contribution in [3.05, 3.63) is 48.2 Å². The Bertz CT molecular complexity index is 735. The Kier molecular flexibility index (Phi) is 3.88. The molecule has 0 aromatic carbocycles. The van der Waals surface area contributed by atoms with E-state index >= 15 is 0 Å². The first-order chi connectivity index (χ1) is 11.7. The lowest BCUT2D eigenvalue weighted by Crippen LogP contribution is -2.33. The highest BCUT2D eigenvalue weighted by molar-refractivity contribution is 5.94. The van der Waals surface area contributed by atoms with Crippen molar-refractivity contribution >= 4 is 11.7 Å². The molecule has 1 aliphatic carbocycles. The number of carbonyl (C=O) groups is 1. The summed E-state index contributed by atoms with van der Waals surface area (Å²) in [7, 11) is 0. The van der Waals surface area contributed by atoms with Crippen LogP contribution >= 0.6 is 0 Å². The number of hydrogen-bond acceptors (Lipinski definition) is 5. The summed E-state index contributed by atoms with van der Waals surface area (Å²) in [4.78, 5) is 27.3. The fourth-order valence-corrected chi connectivity index (χ4v) is 4.03. The van der Waals surface area contributed by atoms with Gasteiger partial charge in [0.2, 0.25) is 0 Å². The molecule has 4 rings (SSSR count). The Balaban J connectivity index is 1.45. The standard InChI is InChI=1S/C18H21N5O/c1-12-6-14(8-20-7-12)18(24)23-10-13-2-3-16(15(13)11-23)22-17-9-19-4-5-21-17/h4-9,13,15-16H,2-3,10-11H2,1H3,(H,21,22)/t13-,15+,16+/m0/s1. The highest BCUT2D eigenvalue weighted by Crippen LogP contribution is 2.39. The van der Waals surface area contributed by atoms with Gasteiger partial charge in [-0.15, -0.1) is 0 Å². The van der Waals surface area contributed by atoms with E-state index in [1.165, 1.54) is 0 Å². The van der Waals surface area contributed by atoms with E-state index in [1.54, 1.807) is 31.0 Å². The number of amides is 1. The maximum absolute atomic E-state index is 12.7. The molecule has 0 bridgehead atoms. The number of pyridine rings is 1. The normalized spacial score (nSPS) is 25.5. The molecule has 3 heterocycles. The molecule has 1 N–H and O–H groups in total. The molecule has 0 radical (unpaired) electrons. The first-order valence-corrected chi connectivity index (χ1v) is 8.44. The van der Waals surface area contributed by atoms with Crippen LogP contribution in [0, 0.1) is 18.8 Å². The molecule has 0 spiro atoms. The van der Waals surface area contributed by atoms with Crippen LogP contribution in [0.5, 0.6) is 0 Å². The molecule has 6 nitrogen and oxygen atoms in total. The van der Waals surface area contributed by atoms with Crippen LogP contribution in [-0.2, 0) is 0 Å². The number of nitrogens with zero attached hydrogens (tertiary/aromatic N) is 4. The van der Waals surface area contributed by atoms with Gasteiger partial charge in [0, 0.05) is 49.8 Å². The first-order valence-electron chi connectivity index (χ1n) is 8.44. The highest BCUT2D eigenvalue weighted by atomic mass is 16.2. The van der Waals surface area contributed by atoms with Crippen molar-refractivity contribution in [3.8, 4) is 0 Å². The van der Waals surface area contributed by atoms with E-state index in [-0.39, 0.29) is 5.91 Å². The van der Waals surface area contributed by atoms with Crippen LogP contribution in [0.1, 0.15) is 28.8 Å². The van der Waals surface area contributed by atoms with Gasteiger partial charge in [0.15, 0.2) is 0 Å². The van der Waals surface area contributed by atoms with Crippen LogP contribution in [-0.4, -0.2) is 44.9 Å². The second-order valence-electron chi connectivity index (χ2n) is 6.80. The fraction of sp³-hybridized carbons (Fsp3) is 0.444. The smallest absolute Gasteiger partial charge is 0.255 e. The van der Waals surface area contributed by atoms with Crippen molar-refractivity contribution in [3.63, 3.8) is 0 Å². The van der Waals surface area contributed by atoms with Crippen molar-refractivity contribution in [1.82, 2.24) is 19.9 Å². The van der Waals surface area contributed by atoms with Crippen molar-refractivity contribution in [1.29, 1.82) is 0 Å². The molecule has 2 fully saturated rings. The van der Waals surface area contributed by atoms with Gasteiger partial charge in [0.05, 0.1) is 11.8 Å². The van der Waals surface area contributed by atoms with Crippen molar-refractivity contribution < 1.29 is 4.79 Å². The van der Waals surface area contributed by atoms with Gasteiger partial charge in [-0.25, -0.2) is 4.98 Å². The summed E-state index contributed by atoms with van der Waals surface area (Å²) in [5.41, 5.74) is 1.70. The van der Waals surface area contributed by atoms with Gasteiger partial charge >= 0.3 is 0 Å². The van der Waals surface area contributed by atoms with Gasteiger partial charge < -0.3 is 10.2 Å². The van der Waals surface area contributed by atoms with Gasteiger partial charge in [-0.05, 0) is 37.3 Å². The Morgan fingerprint density at radius 1 is 1.17 bits per heavy atom. The van der Waals surface area contributed by atoms with Crippen molar-refractivity contribution in [2.75, 3.05) is 18.4 Å². The number of nitrogens with one attached hydrogen (secondary N) is 1. The van der Waals surface area contributed by atoms with Crippen LogP contribution < -0.4 is 5.32 Å². The number of rotatable bonds is 3. The lowest BCUT2D eigenvalue weighted by Gasteiger charge is -2.22. The number of aryl methyl sites for hydroxylation is 1. The number of likely N-dealkylation sites (tertiary alicyclic amines) is 1. The van der Waals surface area contributed by atoms with E-state index in [9.17, 15) is 4.79 Å². The molecule has 1 amide bonds. The fourth-order valence-electron chi connectivity index (χ4n) is 4.03. The van der Waals surface area contributed by atoms with Crippen molar-refractivity contribution in [2.24, 2.45) is 11.8 Å². The van der Waals surface area contributed by atoms with Gasteiger partial charge in [0.1, 0.15) is 5.82 Å². The Morgan fingerprint density at radius 2 is 2.08 bits per heavy atom. The molecule has 3 atom stereocenters. The zero-order valence-electron chi connectivity index (χ0n) is 13.7. The van der Waals surface area contributed by atoms with Gasteiger partial charge in [0.25, 0.3) is 5.91 Å². The van der Waals surface area contributed by atoms with Crippen LogP contribution in [0.3, 0.4) is 0 Å². The lowest BCUT2D eigenvalue weighted by molar-refractivity contribution is 0.0779. The SMILES string of the molecule is Cc1cncc(C(=O)N2C[C@@H]3CC[C@@H](Nc4cnccn4)[C@@H]3C2)c1. The number of anilines is 1. The summed E-state index contributed by atoms with van der Waals surface area (Å²) in [5, 5.41) is 3.50. The molecule has 1 aliphatic heterocycles. The third-order valence-electron chi connectivity index (χ3n) is 5.16. The minimum Gasteiger partial charge on any atom is -0.366 e. The Morgan fingerprint density at radius 3 is 2.88 bits per heavy atom. The first kappa shape index (κ1) is 15.1. The molecule has 6 heteroatoms. The van der Waals surface area contributed by atoms with Gasteiger partial charge in [-0.3, -0.25) is 14.8 Å². The molecule has 2 aromatic rings. The second-order valence-corrected chi connectivity index (χ2v) is 6.80. The molecule has 124 valence electrons. The summed E-state index contributed by atoms with van der Waals surface area (Å²) >= 11 is 0. The predicted octanol–water partition coefficient (Wildman–Crippen LogP) is 2.14. The quantitative estimate of drug-likeness (QED) is 0.937. The average molecular weight is 323 g/mol. The molecule has 1 saturated carbocycles.